The van der Waals surface area contributed by atoms with Crippen LogP contribution in [0.4, 0.5) is 8.78 Å². The molecule has 0 heterocycles. The number of carbonyl (C=O) groups excluding carboxylic acids is 1. The van der Waals surface area contributed by atoms with Gasteiger partial charge < -0.3 is 5.32 Å². The molecule has 2 rings (SSSR count). The Bertz CT molecular complexity index is 477. The summed E-state index contributed by atoms with van der Waals surface area (Å²) in [7, 11) is 0. The second-order valence-electron chi connectivity index (χ2n) is 3.82. The van der Waals surface area contributed by atoms with Crippen molar-refractivity contribution in [2.45, 2.75) is 6.04 Å². The average molecular weight is 247 g/mol. The zero-order valence-electron chi connectivity index (χ0n) is 9.44. The Hall–Kier alpha value is -2.23. The summed E-state index contributed by atoms with van der Waals surface area (Å²) in [4.78, 5) is 10.6. The third-order valence-electron chi connectivity index (χ3n) is 2.64. The molecule has 2 aromatic carbocycles. The first-order chi connectivity index (χ1) is 8.70. The molecule has 0 unspecified atom stereocenters. The molecule has 0 saturated carbocycles. The smallest absolute Gasteiger partial charge is 0.207 e. The number of hydrogen-bond donors (Lipinski definition) is 1. The molecular weight excluding hydrogens is 236 g/mol. The van der Waals surface area contributed by atoms with Crippen molar-refractivity contribution in [3.8, 4) is 0 Å². The molecule has 0 saturated heterocycles. The highest BCUT2D eigenvalue weighted by Crippen LogP contribution is 2.22. The number of amides is 1. The maximum Gasteiger partial charge on any atom is 0.207 e. The highest BCUT2D eigenvalue weighted by molar-refractivity contribution is 5.50. The van der Waals surface area contributed by atoms with Crippen LogP contribution in [0.2, 0.25) is 0 Å². The second-order valence-corrected chi connectivity index (χ2v) is 3.82. The Balaban J connectivity index is 2.35. The first-order valence-electron chi connectivity index (χ1n) is 5.41. The molecule has 4 heteroatoms. The van der Waals surface area contributed by atoms with Crippen LogP contribution in [0.25, 0.3) is 0 Å². The first kappa shape index (κ1) is 12.2. The summed E-state index contributed by atoms with van der Waals surface area (Å²) in [5, 5.41) is 2.63. The lowest BCUT2D eigenvalue weighted by Crippen LogP contribution is -2.20. The Morgan fingerprint density at radius 2 is 1.22 bits per heavy atom. The highest BCUT2D eigenvalue weighted by atomic mass is 19.1. The molecule has 0 atom stereocenters. The minimum absolute atomic E-state index is 0.345. The van der Waals surface area contributed by atoms with Gasteiger partial charge in [-0.15, -0.1) is 0 Å². The number of halogens is 2. The fourth-order valence-electron chi connectivity index (χ4n) is 1.76. The van der Waals surface area contributed by atoms with E-state index in [1.54, 1.807) is 24.3 Å². The van der Waals surface area contributed by atoms with Crippen molar-refractivity contribution in [1.82, 2.24) is 5.32 Å². The zero-order chi connectivity index (χ0) is 13.0. The van der Waals surface area contributed by atoms with E-state index >= 15 is 0 Å². The standard InChI is InChI=1S/C14H11F2NO/c15-12-5-1-10(2-6-12)14(17-9-18)11-3-7-13(16)8-4-11/h1-9,14H,(H,17,18). The van der Waals surface area contributed by atoms with Crippen LogP contribution >= 0.6 is 0 Å². The minimum Gasteiger partial charge on any atom is -0.348 e. The molecule has 1 amide bonds. The lowest BCUT2D eigenvalue weighted by atomic mass is 9.99. The van der Waals surface area contributed by atoms with Crippen LogP contribution in [0.3, 0.4) is 0 Å². The largest absolute Gasteiger partial charge is 0.348 e. The van der Waals surface area contributed by atoms with Gasteiger partial charge in [0.25, 0.3) is 0 Å². The summed E-state index contributed by atoms with van der Waals surface area (Å²) >= 11 is 0. The molecule has 0 aliphatic heterocycles. The molecule has 2 aromatic rings. The van der Waals surface area contributed by atoms with Crippen LogP contribution in [0.15, 0.2) is 48.5 Å². The summed E-state index contributed by atoms with van der Waals surface area (Å²) in [6.45, 7) is 0. The van der Waals surface area contributed by atoms with E-state index in [2.05, 4.69) is 5.32 Å². The van der Waals surface area contributed by atoms with E-state index in [1.165, 1.54) is 24.3 Å². The molecule has 0 radical (unpaired) electrons. The molecule has 0 aliphatic rings. The van der Waals surface area contributed by atoms with E-state index in [-0.39, 0.29) is 11.6 Å². The topological polar surface area (TPSA) is 29.1 Å². The molecule has 0 spiro atoms. The summed E-state index contributed by atoms with van der Waals surface area (Å²) in [5.41, 5.74) is 1.46. The predicted octanol–water partition coefficient (Wildman–Crippen LogP) is 2.80. The molecule has 2 nitrogen and oxygen atoms in total. The lowest BCUT2D eigenvalue weighted by molar-refractivity contribution is -0.110. The zero-order valence-corrected chi connectivity index (χ0v) is 9.44. The number of benzene rings is 2. The van der Waals surface area contributed by atoms with Crippen molar-refractivity contribution in [3.05, 3.63) is 71.3 Å². The molecule has 0 fully saturated rings. The van der Waals surface area contributed by atoms with Crippen LogP contribution in [0, 0.1) is 11.6 Å². The quantitative estimate of drug-likeness (QED) is 0.827. The summed E-state index contributed by atoms with van der Waals surface area (Å²) in [6.07, 6.45) is 0.567. The molecule has 18 heavy (non-hydrogen) atoms. The molecule has 0 aliphatic carbocycles. The van der Waals surface area contributed by atoms with Crippen LogP contribution in [-0.4, -0.2) is 6.41 Å². The summed E-state index contributed by atoms with van der Waals surface area (Å²) < 4.78 is 25.7. The van der Waals surface area contributed by atoms with Crippen LogP contribution in [-0.2, 0) is 4.79 Å². The first-order valence-corrected chi connectivity index (χ1v) is 5.41. The van der Waals surface area contributed by atoms with Crippen molar-refractivity contribution in [2.75, 3.05) is 0 Å². The number of hydrogen-bond acceptors (Lipinski definition) is 1. The van der Waals surface area contributed by atoms with E-state index in [0.29, 0.717) is 6.41 Å². The maximum absolute atomic E-state index is 12.9. The van der Waals surface area contributed by atoms with Gasteiger partial charge in [0.2, 0.25) is 6.41 Å². The third kappa shape index (κ3) is 2.71. The van der Waals surface area contributed by atoms with E-state index < -0.39 is 6.04 Å². The number of nitrogens with one attached hydrogen (secondary N) is 1. The van der Waals surface area contributed by atoms with Gasteiger partial charge in [-0.1, -0.05) is 24.3 Å². The predicted molar refractivity (Wildman–Crippen MR) is 63.8 cm³/mol. The average Bonchev–Trinajstić information content (AvgIpc) is 2.39. The van der Waals surface area contributed by atoms with Gasteiger partial charge in [-0.3, -0.25) is 4.79 Å². The van der Waals surface area contributed by atoms with Gasteiger partial charge in [0, 0.05) is 0 Å². The molecule has 1 N–H and O–H groups in total. The normalized spacial score (nSPS) is 10.4. The van der Waals surface area contributed by atoms with Gasteiger partial charge >= 0.3 is 0 Å². The van der Waals surface area contributed by atoms with E-state index in [0.717, 1.165) is 11.1 Å². The summed E-state index contributed by atoms with van der Waals surface area (Å²) in [5.74, 6) is -0.689. The number of rotatable bonds is 4. The molecule has 0 aromatic heterocycles. The number of carbonyl (C=O) groups is 1. The van der Waals surface area contributed by atoms with Crippen molar-refractivity contribution in [2.24, 2.45) is 0 Å². The molecular formula is C14H11F2NO. The Morgan fingerprint density at radius 3 is 1.56 bits per heavy atom. The van der Waals surface area contributed by atoms with Crippen molar-refractivity contribution in [1.29, 1.82) is 0 Å². The molecule has 0 bridgehead atoms. The maximum atomic E-state index is 12.9. The van der Waals surface area contributed by atoms with Crippen molar-refractivity contribution >= 4 is 6.41 Å². The van der Waals surface area contributed by atoms with Gasteiger partial charge in [-0.05, 0) is 35.4 Å². The SMILES string of the molecule is O=CNC(c1ccc(F)cc1)c1ccc(F)cc1. The highest BCUT2D eigenvalue weighted by Gasteiger charge is 2.13. The van der Waals surface area contributed by atoms with Gasteiger partial charge in [0.05, 0.1) is 6.04 Å². The van der Waals surface area contributed by atoms with Crippen molar-refractivity contribution in [3.63, 3.8) is 0 Å². The van der Waals surface area contributed by atoms with E-state index in [4.69, 9.17) is 0 Å². The third-order valence-corrected chi connectivity index (χ3v) is 2.64. The second kappa shape index (κ2) is 5.40. The Labute approximate surface area is 103 Å². The van der Waals surface area contributed by atoms with Gasteiger partial charge in [-0.2, -0.15) is 0 Å². The van der Waals surface area contributed by atoms with Crippen LogP contribution in [0.1, 0.15) is 17.2 Å². The van der Waals surface area contributed by atoms with E-state index in [1.807, 2.05) is 0 Å². The van der Waals surface area contributed by atoms with Gasteiger partial charge in [0.15, 0.2) is 0 Å². The van der Waals surface area contributed by atoms with Gasteiger partial charge in [-0.25, -0.2) is 8.78 Å². The minimum atomic E-state index is -0.413. The Kier molecular flexibility index (Phi) is 3.67. The fraction of sp³-hybridized carbons (Fsp3) is 0.0714. The van der Waals surface area contributed by atoms with Crippen LogP contribution in [0.5, 0.6) is 0 Å². The summed E-state index contributed by atoms with van der Waals surface area (Å²) in [6, 6.07) is 11.2. The van der Waals surface area contributed by atoms with E-state index in [9.17, 15) is 13.6 Å². The lowest BCUT2D eigenvalue weighted by Gasteiger charge is -2.17. The Morgan fingerprint density at radius 1 is 0.833 bits per heavy atom. The van der Waals surface area contributed by atoms with Crippen LogP contribution < -0.4 is 5.32 Å². The van der Waals surface area contributed by atoms with Gasteiger partial charge in [0.1, 0.15) is 11.6 Å². The van der Waals surface area contributed by atoms with Crippen molar-refractivity contribution < 1.29 is 13.6 Å². The molecule has 92 valence electrons. The fourth-order valence-corrected chi connectivity index (χ4v) is 1.76. The monoisotopic (exact) mass is 247 g/mol.